The number of nitrogens with one attached hydrogen (secondary N) is 1. The van der Waals surface area contributed by atoms with Gasteiger partial charge in [0.15, 0.2) is 0 Å². The van der Waals surface area contributed by atoms with E-state index in [9.17, 15) is 9.18 Å². The highest BCUT2D eigenvalue weighted by molar-refractivity contribution is 5.90. The van der Waals surface area contributed by atoms with Crippen LogP contribution in [0.25, 0.3) is 0 Å². The molecular weight excluding hydrogens is 209 g/mol. The summed E-state index contributed by atoms with van der Waals surface area (Å²) >= 11 is 0. The molecule has 0 spiro atoms. The summed E-state index contributed by atoms with van der Waals surface area (Å²) in [4.78, 5) is 15.3. The third kappa shape index (κ3) is 2.08. The fraction of sp³-hybridized carbons (Fsp3) is 0.0909. The molecule has 4 nitrogen and oxygen atoms in total. The van der Waals surface area contributed by atoms with Gasteiger partial charge in [0.2, 0.25) is 0 Å². The fourth-order valence-corrected chi connectivity index (χ4v) is 1.24. The van der Waals surface area contributed by atoms with Crippen LogP contribution in [0.3, 0.4) is 0 Å². The number of hydrogen-bond acceptors (Lipinski definition) is 2. The minimum absolute atomic E-state index is 0.344. The van der Waals surface area contributed by atoms with Gasteiger partial charge >= 0.3 is 6.03 Å². The van der Waals surface area contributed by atoms with Crippen LogP contribution in [0.15, 0.2) is 36.9 Å². The average Bonchev–Trinajstić information content (AvgIpc) is 2.77. The molecule has 1 aromatic carbocycles. The molecule has 0 radical (unpaired) electrons. The van der Waals surface area contributed by atoms with Crippen LogP contribution in [-0.4, -0.2) is 15.6 Å². The first-order chi connectivity index (χ1) is 7.66. The Morgan fingerprint density at radius 3 is 2.94 bits per heavy atom. The molecule has 5 heteroatoms. The Morgan fingerprint density at radius 1 is 1.50 bits per heavy atom. The molecule has 0 saturated heterocycles. The van der Waals surface area contributed by atoms with Gasteiger partial charge in [-0.1, -0.05) is 6.07 Å². The number of hydrogen-bond donors (Lipinski definition) is 1. The van der Waals surface area contributed by atoms with Crippen LogP contribution in [0.2, 0.25) is 0 Å². The predicted octanol–water partition coefficient (Wildman–Crippen LogP) is 2.41. The summed E-state index contributed by atoms with van der Waals surface area (Å²) in [5.74, 6) is -0.344. The smallest absolute Gasteiger partial charge is 0.307 e. The second-order valence-electron chi connectivity index (χ2n) is 3.36. The summed E-state index contributed by atoms with van der Waals surface area (Å²) in [6.07, 6.45) is 4.38. The number of aromatic nitrogens is 2. The van der Waals surface area contributed by atoms with E-state index in [0.29, 0.717) is 11.3 Å². The maximum atomic E-state index is 13.2. The van der Waals surface area contributed by atoms with Crippen molar-refractivity contribution in [3.05, 3.63) is 48.3 Å². The summed E-state index contributed by atoms with van der Waals surface area (Å²) in [5.41, 5.74) is 0.961. The Hall–Kier alpha value is -2.17. The second kappa shape index (κ2) is 4.14. The zero-order chi connectivity index (χ0) is 11.5. The summed E-state index contributed by atoms with van der Waals surface area (Å²) < 4.78 is 14.5. The van der Waals surface area contributed by atoms with Gasteiger partial charge in [-0.2, -0.15) is 0 Å². The summed E-state index contributed by atoms with van der Waals surface area (Å²) in [7, 11) is 0. The Labute approximate surface area is 91.7 Å². The zero-order valence-corrected chi connectivity index (χ0v) is 8.64. The quantitative estimate of drug-likeness (QED) is 0.800. The van der Waals surface area contributed by atoms with E-state index in [0.717, 1.165) is 0 Å². The van der Waals surface area contributed by atoms with E-state index in [-0.39, 0.29) is 11.8 Å². The summed E-state index contributed by atoms with van der Waals surface area (Å²) in [5, 5.41) is 2.56. The lowest BCUT2D eigenvalue weighted by Crippen LogP contribution is -2.17. The van der Waals surface area contributed by atoms with Crippen molar-refractivity contribution in [1.29, 1.82) is 0 Å². The van der Waals surface area contributed by atoms with Crippen molar-refractivity contribution in [2.75, 3.05) is 5.32 Å². The van der Waals surface area contributed by atoms with Crippen LogP contribution in [0, 0.1) is 12.7 Å². The van der Waals surface area contributed by atoms with Crippen LogP contribution >= 0.6 is 0 Å². The molecule has 0 saturated carbocycles. The molecule has 0 aliphatic rings. The lowest BCUT2D eigenvalue weighted by Gasteiger charge is -2.06. The number of amides is 1. The minimum Gasteiger partial charge on any atom is -0.307 e. The van der Waals surface area contributed by atoms with E-state index in [2.05, 4.69) is 10.3 Å². The van der Waals surface area contributed by atoms with Crippen molar-refractivity contribution < 1.29 is 9.18 Å². The van der Waals surface area contributed by atoms with Gasteiger partial charge in [0.25, 0.3) is 0 Å². The Morgan fingerprint density at radius 2 is 2.31 bits per heavy atom. The fourth-order valence-electron chi connectivity index (χ4n) is 1.24. The lowest BCUT2D eigenvalue weighted by atomic mass is 10.2. The van der Waals surface area contributed by atoms with Gasteiger partial charge in [0.1, 0.15) is 12.1 Å². The molecule has 1 amide bonds. The van der Waals surface area contributed by atoms with Gasteiger partial charge in [-0.3, -0.25) is 4.57 Å². The number of rotatable bonds is 1. The average molecular weight is 219 g/mol. The first kappa shape index (κ1) is 10.4. The van der Waals surface area contributed by atoms with Crippen molar-refractivity contribution in [2.45, 2.75) is 6.92 Å². The number of benzene rings is 1. The van der Waals surface area contributed by atoms with Crippen molar-refractivity contribution in [3.8, 4) is 0 Å². The molecule has 1 N–H and O–H groups in total. The van der Waals surface area contributed by atoms with Crippen molar-refractivity contribution in [1.82, 2.24) is 9.55 Å². The molecule has 0 bridgehead atoms. The number of imidazole rings is 1. The van der Waals surface area contributed by atoms with Gasteiger partial charge in [0.05, 0.1) is 0 Å². The highest BCUT2D eigenvalue weighted by Crippen LogP contribution is 2.13. The third-order valence-electron chi connectivity index (χ3n) is 2.16. The Balaban J connectivity index is 2.15. The van der Waals surface area contributed by atoms with E-state index >= 15 is 0 Å². The van der Waals surface area contributed by atoms with E-state index in [1.807, 2.05) is 0 Å². The number of carbonyl (C=O) groups is 1. The first-order valence-electron chi connectivity index (χ1n) is 4.72. The van der Waals surface area contributed by atoms with Crippen LogP contribution in [0.1, 0.15) is 5.56 Å². The van der Waals surface area contributed by atoms with Crippen LogP contribution in [0.5, 0.6) is 0 Å². The SMILES string of the molecule is Cc1ccc(NC(=O)n2ccnc2)cc1F. The number of nitrogens with zero attached hydrogens (tertiary/aromatic N) is 2. The topological polar surface area (TPSA) is 46.9 Å². The van der Waals surface area contributed by atoms with Crippen molar-refractivity contribution >= 4 is 11.7 Å². The van der Waals surface area contributed by atoms with E-state index < -0.39 is 0 Å². The molecular formula is C11H10FN3O. The number of anilines is 1. The highest BCUT2D eigenvalue weighted by atomic mass is 19.1. The van der Waals surface area contributed by atoms with Crippen molar-refractivity contribution in [3.63, 3.8) is 0 Å². The predicted molar refractivity (Wildman–Crippen MR) is 57.8 cm³/mol. The first-order valence-corrected chi connectivity index (χ1v) is 4.72. The Kier molecular flexibility index (Phi) is 2.68. The summed E-state index contributed by atoms with van der Waals surface area (Å²) in [6, 6.07) is 4.16. The molecule has 16 heavy (non-hydrogen) atoms. The van der Waals surface area contributed by atoms with Crippen molar-refractivity contribution in [2.24, 2.45) is 0 Å². The van der Waals surface area contributed by atoms with Crippen LogP contribution in [0.4, 0.5) is 14.9 Å². The van der Waals surface area contributed by atoms with Crippen LogP contribution < -0.4 is 5.32 Å². The Bertz CT molecular complexity index is 508. The number of carbonyl (C=O) groups excluding carboxylic acids is 1. The van der Waals surface area contributed by atoms with Crippen LogP contribution in [-0.2, 0) is 0 Å². The maximum Gasteiger partial charge on any atom is 0.331 e. The number of aryl methyl sites for hydroxylation is 1. The van der Waals surface area contributed by atoms with Gasteiger partial charge in [-0.05, 0) is 24.6 Å². The maximum absolute atomic E-state index is 13.2. The van der Waals surface area contributed by atoms with E-state index in [4.69, 9.17) is 0 Å². The summed E-state index contributed by atoms with van der Waals surface area (Å²) in [6.45, 7) is 1.66. The number of halogens is 1. The molecule has 0 aliphatic carbocycles. The molecule has 0 fully saturated rings. The molecule has 0 atom stereocenters. The lowest BCUT2D eigenvalue weighted by molar-refractivity contribution is 0.253. The van der Waals surface area contributed by atoms with E-state index in [1.165, 1.54) is 29.4 Å². The highest BCUT2D eigenvalue weighted by Gasteiger charge is 2.05. The molecule has 1 aromatic heterocycles. The zero-order valence-electron chi connectivity index (χ0n) is 8.64. The molecule has 2 rings (SSSR count). The normalized spacial score (nSPS) is 10.1. The molecule has 0 aliphatic heterocycles. The monoisotopic (exact) mass is 219 g/mol. The van der Waals surface area contributed by atoms with Gasteiger partial charge in [-0.25, -0.2) is 14.2 Å². The van der Waals surface area contributed by atoms with Gasteiger partial charge in [0, 0.05) is 18.1 Å². The van der Waals surface area contributed by atoms with Gasteiger partial charge < -0.3 is 5.32 Å². The third-order valence-corrected chi connectivity index (χ3v) is 2.16. The van der Waals surface area contributed by atoms with E-state index in [1.54, 1.807) is 19.1 Å². The standard InChI is InChI=1S/C11H10FN3O/c1-8-2-3-9(6-10(8)12)14-11(16)15-5-4-13-7-15/h2-7H,1H3,(H,14,16). The molecule has 2 aromatic rings. The minimum atomic E-state index is -0.374. The van der Waals surface area contributed by atoms with Gasteiger partial charge in [-0.15, -0.1) is 0 Å². The largest absolute Gasteiger partial charge is 0.331 e. The second-order valence-corrected chi connectivity index (χ2v) is 3.36. The molecule has 0 unspecified atom stereocenters. The molecule has 1 heterocycles. The molecule has 82 valence electrons.